The molecule has 0 amide bonds. The van der Waals surface area contributed by atoms with Crippen molar-refractivity contribution < 1.29 is 9.47 Å². The quantitative estimate of drug-likeness (QED) is 0.707. The second-order valence-corrected chi connectivity index (χ2v) is 5.38. The third-order valence-electron chi connectivity index (χ3n) is 3.46. The van der Waals surface area contributed by atoms with Gasteiger partial charge in [-0.2, -0.15) is 0 Å². The molecule has 0 N–H and O–H groups in total. The van der Waals surface area contributed by atoms with Crippen molar-refractivity contribution in [2.45, 2.75) is 38.9 Å². The molecule has 0 radical (unpaired) electrons. The normalized spacial score (nSPS) is 35.4. The third kappa shape index (κ3) is 2.92. The Kier molecular flexibility index (Phi) is 3.33. The van der Waals surface area contributed by atoms with Crippen molar-refractivity contribution in [3.8, 4) is 0 Å². The van der Waals surface area contributed by atoms with Gasteiger partial charge >= 0.3 is 0 Å². The highest BCUT2D eigenvalue weighted by atomic mass is 16.5. The molecule has 0 spiro atoms. The minimum atomic E-state index is 0.382. The van der Waals surface area contributed by atoms with Gasteiger partial charge in [-0.15, -0.1) is 0 Å². The lowest BCUT2D eigenvalue weighted by Crippen LogP contribution is -2.47. The molecule has 3 nitrogen and oxygen atoms in total. The van der Waals surface area contributed by atoms with Gasteiger partial charge in [0.2, 0.25) is 0 Å². The molecular weight excluding hydrogens is 190 g/mol. The van der Waals surface area contributed by atoms with Gasteiger partial charge in [-0.05, 0) is 26.7 Å². The van der Waals surface area contributed by atoms with Crippen LogP contribution in [0.3, 0.4) is 0 Å². The summed E-state index contributed by atoms with van der Waals surface area (Å²) in [6.07, 6.45) is 3.43. The Hall–Kier alpha value is -0.120. The summed E-state index contributed by atoms with van der Waals surface area (Å²) in [5, 5.41) is 0. The summed E-state index contributed by atoms with van der Waals surface area (Å²) in [7, 11) is 1.81. The van der Waals surface area contributed by atoms with Gasteiger partial charge in [0.05, 0.1) is 18.8 Å². The molecular formula is C12H23NO2. The summed E-state index contributed by atoms with van der Waals surface area (Å²) in [6, 6.07) is 0. The molecule has 2 atom stereocenters. The number of ether oxygens (including phenoxy) is 2. The molecule has 1 aliphatic heterocycles. The third-order valence-corrected chi connectivity index (χ3v) is 3.46. The Balaban J connectivity index is 1.83. The summed E-state index contributed by atoms with van der Waals surface area (Å²) < 4.78 is 11.0. The lowest BCUT2D eigenvalue weighted by atomic mass is 10.1. The molecule has 2 unspecified atom stereocenters. The zero-order valence-electron chi connectivity index (χ0n) is 10.2. The first-order valence-corrected chi connectivity index (χ1v) is 6.00. The van der Waals surface area contributed by atoms with E-state index in [-0.39, 0.29) is 0 Å². The molecule has 88 valence electrons. The Bertz CT molecular complexity index is 206. The zero-order valence-corrected chi connectivity index (χ0v) is 10.2. The highest BCUT2D eigenvalue weighted by Crippen LogP contribution is 2.46. The van der Waals surface area contributed by atoms with Crippen LogP contribution in [0.1, 0.15) is 26.7 Å². The van der Waals surface area contributed by atoms with Crippen LogP contribution in [0.5, 0.6) is 0 Å². The van der Waals surface area contributed by atoms with Gasteiger partial charge < -0.3 is 9.47 Å². The first-order valence-electron chi connectivity index (χ1n) is 6.00. The highest BCUT2D eigenvalue weighted by molar-refractivity contribution is 4.96. The average molecular weight is 213 g/mol. The van der Waals surface area contributed by atoms with Crippen LogP contribution in [0.2, 0.25) is 0 Å². The van der Waals surface area contributed by atoms with Crippen LogP contribution in [-0.4, -0.2) is 50.5 Å². The fourth-order valence-electron chi connectivity index (χ4n) is 2.72. The van der Waals surface area contributed by atoms with Gasteiger partial charge in [0, 0.05) is 32.2 Å². The Morgan fingerprint density at radius 3 is 2.33 bits per heavy atom. The summed E-state index contributed by atoms with van der Waals surface area (Å²) in [4.78, 5) is 2.55. The van der Waals surface area contributed by atoms with Crippen molar-refractivity contribution in [2.75, 3.05) is 33.4 Å². The monoisotopic (exact) mass is 213 g/mol. The standard InChI is InChI=1S/C12H23NO2/c1-10-6-13(7-11(2)15-10)8-12(4-5-12)9-14-3/h10-11H,4-9H2,1-3H3. The summed E-state index contributed by atoms with van der Waals surface area (Å²) in [6.45, 7) is 8.61. The number of methoxy groups -OCH3 is 1. The molecule has 1 saturated carbocycles. The van der Waals surface area contributed by atoms with Crippen LogP contribution in [0, 0.1) is 5.41 Å². The molecule has 2 rings (SSSR count). The number of rotatable bonds is 4. The minimum Gasteiger partial charge on any atom is -0.384 e. The lowest BCUT2D eigenvalue weighted by molar-refractivity contribution is -0.0751. The fraction of sp³-hybridized carbons (Fsp3) is 1.00. The molecule has 0 aromatic heterocycles. The van der Waals surface area contributed by atoms with E-state index >= 15 is 0 Å². The van der Waals surface area contributed by atoms with Gasteiger partial charge in [0.25, 0.3) is 0 Å². The van der Waals surface area contributed by atoms with E-state index in [1.54, 1.807) is 0 Å². The van der Waals surface area contributed by atoms with Crippen molar-refractivity contribution >= 4 is 0 Å². The second-order valence-electron chi connectivity index (χ2n) is 5.38. The average Bonchev–Trinajstić information content (AvgIpc) is 2.83. The van der Waals surface area contributed by atoms with Crippen LogP contribution >= 0.6 is 0 Å². The Labute approximate surface area is 92.7 Å². The molecule has 2 aliphatic rings. The largest absolute Gasteiger partial charge is 0.384 e. The molecule has 15 heavy (non-hydrogen) atoms. The first kappa shape index (κ1) is 11.4. The number of hydrogen-bond acceptors (Lipinski definition) is 3. The van der Waals surface area contributed by atoms with Gasteiger partial charge in [-0.3, -0.25) is 4.90 Å². The number of morpholine rings is 1. The van der Waals surface area contributed by atoms with E-state index in [1.165, 1.54) is 19.4 Å². The van der Waals surface area contributed by atoms with Crippen LogP contribution in [0.25, 0.3) is 0 Å². The van der Waals surface area contributed by atoms with Crippen molar-refractivity contribution in [2.24, 2.45) is 5.41 Å². The predicted molar refractivity (Wildman–Crippen MR) is 60.0 cm³/mol. The van der Waals surface area contributed by atoms with E-state index in [0.717, 1.165) is 19.7 Å². The maximum atomic E-state index is 5.74. The maximum absolute atomic E-state index is 5.74. The van der Waals surface area contributed by atoms with Crippen LogP contribution in [0.4, 0.5) is 0 Å². The van der Waals surface area contributed by atoms with Crippen molar-refractivity contribution in [1.82, 2.24) is 4.90 Å². The topological polar surface area (TPSA) is 21.7 Å². The molecule has 1 heterocycles. The number of nitrogens with zero attached hydrogens (tertiary/aromatic N) is 1. The van der Waals surface area contributed by atoms with Crippen molar-refractivity contribution in [1.29, 1.82) is 0 Å². The fourth-order valence-corrected chi connectivity index (χ4v) is 2.72. The Morgan fingerprint density at radius 2 is 1.87 bits per heavy atom. The van der Waals surface area contributed by atoms with Crippen LogP contribution < -0.4 is 0 Å². The van der Waals surface area contributed by atoms with Crippen LogP contribution in [0.15, 0.2) is 0 Å². The minimum absolute atomic E-state index is 0.382. The first-order chi connectivity index (χ1) is 7.13. The molecule has 2 fully saturated rings. The van der Waals surface area contributed by atoms with E-state index in [4.69, 9.17) is 9.47 Å². The van der Waals surface area contributed by atoms with Crippen molar-refractivity contribution in [3.05, 3.63) is 0 Å². The molecule has 0 aromatic carbocycles. The SMILES string of the molecule is COCC1(CN2CC(C)OC(C)C2)CC1. The van der Waals surface area contributed by atoms with E-state index in [0.29, 0.717) is 17.6 Å². The molecule has 1 aliphatic carbocycles. The van der Waals surface area contributed by atoms with Gasteiger partial charge in [-0.25, -0.2) is 0 Å². The smallest absolute Gasteiger partial charge is 0.0678 e. The van der Waals surface area contributed by atoms with E-state index in [1.807, 2.05) is 7.11 Å². The summed E-state index contributed by atoms with van der Waals surface area (Å²) >= 11 is 0. The van der Waals surface area contributed by atoms with E-state index in [9.17, 15) is 0 Å². The second kappa shape index (κ2) is 4.40. The summed E-state index contributed by atoms with van der Waals surface area (Å²) in [5.41, 5.74) is 0.478. The maximum Gasteiger partial charge on any atom is 0.0678 e. The van der Waals surface area contributed by atoms with Crippen LogP contribution in [-0.2, 0) is 9.47 Å². The van der Waals surface area contributed by atoms with E-state index in [2.05, 4.69) is 18.7 Å². The van der Waals surface area contributed by atoms with Gasteiger partial charge in [0.1, 0.15) is 0 Å². The molecule has 0 bridgehead atoms. The molecule has 0 aromatic rings. The number of hydrogen-bond donors (Lipinski definition) is 0. The Morgan fingerprint density at radius 1 is 1.27 bits per heavy atom. The highest BCUT2D eigenvalue weighted by Gasteiger charge is 2.44. The van der Waals surface area contributed by atoms with Gasteiger partial charge in [-0.1, -0.05) is 0 Å². The van der Waals surface area contributed by atoms with Gasteiger partial charge in [0.15, 0.2) is 0 Å². The predicted octanol–water partition coefficient (Wildman–Crippen LogP) is 1.52. The molecule has 3 heteroatoms. The zero-order chi connectivity index (χ0) is 10.9. The molecule has 1 saturated heterocycles. The summed E-state index contributed by atoms with van der Waals surface area (Å²) in [5.74, 6) is 0. The van der Waals surface area contributed by atoms with E-state index < -0.39 is 0 Å². The lowest BCUT2D eigenvalue weighted by Gasteiger charge is -2.37. The van der Waals surface area contributed by atoms with Crippen molar-refractivity contribution in [3.63, 3.8) is 0 Å².